The lowest BCUT2D eigenvalue weighted by Gasteiger charge is -2.32. The predicted molar refractivity (Wildman–Crippen MR) is 119 cm³/mol. The minimum Gasteiger partial charge on any atom is -0.508 e. The molecule has 0 bridgehead atoms. The fraction of sp³-hybridized carbons (Fsp3) is 0.480. The van der Waals surface area contributed by atoms with Crippen LogP contribution in [0, 0.1) is 0 Å². The molecule has 32 heavy (non-hydrogen) atoms. The third-order valence-electron chi connectivity index (χ3n) is 6.10. The Bertz CT molecular complexity index is 940. The van der Waals surface area contributed by atoms with Gasteiger partial charge in [0.15, 0.2) is 11.5 Å². The standard InChI is InChI=1S/C25H32O7/c1-2-3-4-5-6-7-8-17(25(30)31)16-12-20(27)18-14-22(29)24(32-23(18)13-16)15-9-10-19(26)21(28)11-15/h9-13,17,22,24,26-29H,2-8,14H2,1H3,(H,30,31)/t17?,22-,24?/m0/s1. The first-order chi connectivity index (χ1) is 15.3. The summed E-state index contributed by atoms with van der Waals surface area (Å²) >= 11 is 0. The van der Waals surface area contributed by atoms with Gasteiger partial charge in [-0.2, -0.15) is 0 Å². The van der Waals surface area contributed by atoms with Crippen LogP contribution in [0.3, 0.4) is 0 Å². The van der Waals surface area contributed by atoms with E-state index in [-0.39, 0.29) is 23.7 Å². The zero-order chi connectivity index (χ0) is 23.3. The topological polar surface area (TPSA) is 127 Å². The number of aromatic hydroxyl groups is 3. The van der Waals surface area contributed by atoms with Gasteiger partial charge in [0.25, 0.3) is 0 Å². The molecule has 0 aromatic heterocycles. The maximum atomic E-state index is 11.9. The number of aliphatic hydroxyl groups excluding tert-OH is 1. The van der Waals surface area contributed by atoms with Gasteiger partial charge in [0.2, 0.25) is 0 Å². The Morgan fingerprint density at radius 1 is 1.00 bits per heavy atom. The molecule has 3 atom stereocenters. The van der Waals surface area contributed by atoms with Crippen molar-refractivity contribution < 1.29 is 35.1 Å². The van der Waals surface area contributed by atoms with Gasteiger partial charge in [-0.25, -0.2) is 0 Å². The molecule has 2 aromatic rings. The zero-order valence-electron chi connectivity index (χ0n) is 18.3. The van der Waals surface area contributed by atoms with Gasteiger partial charge in [-0.05, 0) is 41.8 Å². The highest BCUT2D eigenvalue weighted by Crippen LogP contribution is 2.43. The molecule has 1 heterocycles. The Labute approximate surface area is 187 Å². The van der Waals surface area contributed by atoms with Crippen LogP contribution in [0.1, 0.15) is 80.6 Å². The third kappa shape index (κ3) is 5.46. The minimum absolute atomic E-state index is 0.0993. The summed E-state index contributed by atoms with van der Waals surface area (Å²) in [7, 11) is 0. The van der Waals surface area contributed by atoms with Crippen molar-refractivity contribution in [1.82, 2.24) is 0 Å². The van der Waals surface area contributed by atoms with Gasteiger partial charge in [0.05, 0.1) is 12.0 Å². The summed E-state index contributed by atoms with van der Waals surface area (Å²) < 4.78 is 5.95. The number of carbonyl (C=O) groups is 1. The van der Waals surface area contributed by atoms with Crippen molar-refractivity contribution in [2.24, 2.45) is 0 Å². The molecule has 0 radical (unpaired) electrons. The Morgan fingerprint density at radius 2 is 1.72 bits per heavy atom. The molecule has 5 N–H and O–H groups in total. The van der Waals surface area contributed by atoms with Crippen LogP contribution in [0.2, 0.25) is 0 Å². The van der Waals surface area contributed by atoms with Crippen LogP contribution in [0.25, 0.3) is 0 Å². The summed E-state index contributed by atoms with van der Waals surface area (Å²) in [6, 6.07) is 7.25. The number of carboxylic acid groups (broad SMARTS) is 1. The van der Waals surface area contributed by atoms with E-state index in [0.29, 0.717) is 28.9 Å². The van der Waals surface area contributed by atoms with Gasteiger partial charge in [0, 0.05) is 12.0 Å². The number of unbranched alkanes of at least 4 members (excludes halogenated alkanes) is 5. The molecule has 0 amide bonds. The first kappa shape index (κ1) is 23.7. The van der Waals surface area contributed by atoms with Crippen LogP contribution in [-0.2, 0) is 11.2 Å². The van der Waals surface area contributed by atoms with Crippen LogP contribution in [0.4, 0.5) is 0 Å². The number of rotatable bonds is 10. The lowest BCUT2D eigenvalue weighted by atomic mass is 9.88. The normalized spacial score (nSPS) is 18.6. The molecule has 0 saturated carbocycles. The first-order valence-electron chi connectivity index (χ1n) is 11.3. The minimum atomic E-state index is -0.985. The largest absolute Gasteiger partial charge is 0.508 e. The average molecular weight is 445 g/mol. The second-order valence-electron chi connectivity index (χ2n) is 8.52. The average Bonchev–Trinajstić information content (AvgIpc) is 2.75. The molecule has 2 unspecified atom stereocenters. The van der Waals surface area contributed by atoms with Crippen molar-refractivity contribution in [2.45, 2.75) is 76.4 Å². The molecular weight excluding hydrogens is 412 g/mol. The summed E-state index contributed by atoms with van der Waals surface area (Å²) in [5.74, 6) is -2.10. The lowest BCUT2D eigenvalue weighted by molar-refractivity contribution is -0.139. The quantitative estimate of drug-likeness (QED) is 0.264. The number of hydrogen-bond donors (Lipinski definition) is 5. The number of phenols is 3. The van der Waals surface area contributed by atoms with Crippen molar-refractivity contribution in [2.75, 3.05) is 0 Å². The number of aliphatic carboxylic acids is 1. The van der Waals surface area contributed by atoms with Crippen LogP contribution < -0.4 is 4.74 Å². The fourth-order valence-corrected chi connectivity index (χ4v) is 4.26. The molecular formula is C25H32O7. The molecule has 2 aromatic carbocycles. The smallest absolute Gasteiger partial charge is 0.310 e. The maximum absolute atomic E-state index is 11.9. The van der Waals surface area contributed by atoms with Crippen molar-refractivity contribution >= 4 is 5.97 Å². The number of hydrogen-bond acceptors (Lipinski definition) is 6. The Morgan fingerprint density at radius 3 is 2.41 bits per heavy atom. The second kappa shape index (κ2) is 10.6. The van der Waals surface area contributed by atoms with Gasteiger partial charge < -0.3 is 30.3 Å². The molecule has 0 spiro atoms. The summed E-state index contributed by atoms with van der Waals surface area (Å²) in [6.45, 7) is 2.15. The van der Waals surface area contributed by atoms with E-state index < -0.39 is 24.1 Å². The number of ether oxygens (including phenoxy) is 1. The van der Waals surface area contributed by atoms with Crippen LogP contribution in [-0.4, -0.2) is 37.6 Å². The molecule has 0 aliphatic carbocycles. The van der Waals surface area contributed by atoms with Crippen LogP contribution >= 0.6 is 0 Å². The van der Waals surface area contributed by atoms with Gasteiger partial charge in [-0.15, -0.1) is 0 Å². The number of phenolic OH excluding ortho intramolecular Hbond substituents is 3. The maximum Gasteiger partial charge on any atom is 0.310 e. The lowest BCUT2D eigenvalue weighted by Crippen LogP contribution is -2.30. The highest BCUT2D eigenvalue weighted by molar-refractivity contribution is 5.76. The zero-order valence-corrected chi connectivity index (χ0v) is 18.3. The van der Waals surface area contributed by atoms with Gasteiger partial charge in [-0.1, -0.05) is 51.5 Å². The van der Waals surface area contributed by atoms with Crippen molar-refractivity contribution in [3.8, 4) is 23.0 Å². The highest BCUT2D eigenvalue weighted by atomic mass is 16.5. The summed E-state index contributed by atoms with van der Waals surface area (Å²) in [6.07, 6.45) is 5.10. The Balaban J connectivity index is 1.79. The van der Waals surface area contributed by atoms with Crippen LogP contribution in [0.5, 0.6) is 23.0 Å². The van der Waals surface area contributed by atoms with E-state index in [1.165, 1.54) is 30.7 Å². The van der Waals surface area contributed by atoms with Crippen molar-refractivity contribution in [3.63, 3.8) is 0 Å². The van der Waals surface area contributed by atoms with Gasteiger partial charge in [-0.3, -0.25) is 4.79 Å². The van der Waals surface area contributed by atoms with Gasteiger partial charge >= 0.3 is 5.97 Å². The summed E-state index contributed by atoms with van der Waals surface area (Å²) in [4.78, 5) is 11.9. The molecule has 1 aliphatic rings. The van der Waals surface area contributed by atoms with E-state index in [2.05, 4.69) is 6.92 Å². The SMILES string of the molecule is CCCCCCCCC(C(=O)O)c1cc(O)c2c(c1)OC(c1ccc(O)c(O)c1)[C@@H](O)C2. The van der Waals surface area contributed by atoms with E-state index in [1.807, 2.05) is 0 Å². The third-order valence-corrected chi connectivity index (χ3v) is 6.10. The van der Waals surface area contributed by atoms with Crippen LogP contribution in [0.15, 0.2) is 30.3 Å². The number of carboxylic acids is 1. The molecule has 7 heteroatoms. The predicted octanol–water partition coefficient (Wildman–Crippen LogP) is 4.76. The molecule has 0 saturated heterocycles. The highest BCUT2D eigenvalue weighted by Gasteiger charge is 2.33. The molecule has 0 fully saturated rings. The van der Waals surface area contributed by atoms with E-state index >= 15 is 0 Å². The number of fused-ring (bicyclic) bond motifs is 1. The summed E-state index contributed by atoms with van der Waals surface area (Å²) in [5.41, 5.74) is 1.35. The van der Waals surface area contributed by atoms with Gasteiger partial charge in [0.1, 0.15) is 17.6 Å². The Kier molecular flexibility index (Phi) is 7.85. The monoisotopic (exact) mass is 444 g/mol. The summed E-state index contributed by atoms with van der Waals surface area (Å²) in [5, 5.41) is 50.2. The molecule has 174 valence electrons. The van der Waals surface area contributed by atoms with E-state index in [1.54, 1.807) is 6.07 Å². The second-order valence-corrected chi connectivity index (χ2v) is 8.52. The molecule has 1 aliphatic heterocycles. The van der Waals surface area contributed by atoms with Crippen molar-refractivity contribution in [1.29, 1.82) is 0 Å². The number of aliphatic hydroxyl groups is 1. The van der Waals surface area contributed by atoms with E-state index in [4.69, 9.17) is 4.74 Å². The van der Waals surface area contributed by atoms with E-state index in [0.717, 1.165) is 32.1 Å². The van der Waals surface area contributed by atoms with Crippen molar-refractivity contribution in [3.05, 3.63) is 47.0 Å². The Hall–Kier alpha value is -2.93. The molecule has 3 rings (SSSR count). The first-order valence-corrected chi connectivity index (χ1v) is 11.3. The van der Waals surface area contributed by atoms with E-state index in [9.17, 15) is 30.3 Å². The number of benzene rings is 2. The fourth-order valence-electron chi connectivity index (χ4n) is 4.26. The molecule has 7 nitrogen and oxygen atoms in total.